The van der Waals surface area contributed by atoms with Crippen molar-refractivity contribution >= 4 is 21.7 Å². The lowest BCUT2D eigenvalue weighted by Crippen LogP contribution is -2.42. The third-order valence-corrected chi connectivity index (χ3v) is 5.17. The molecule has 0 aliphatic carbocycles. The number of aliphatic hydroxyl groups is 1. The minimum atomic E-state index is -4.27. The third kappa shape index (κ3) is 5.48. The normalized spacial score (nSPS) is 14.0. The van der Waals surface area contributed by atoms with E-state index in [2.05, 4.69) is 4.72 Å². The van der Waals surface area contributed by atoms with Crippen molar-refractivity contribution in [3.05, 3.63) is 33.4 Å². The van der Waals surface area contributed by atoms with Crippen molar-refractivity contribution in [1.82, 2.24) is 4.72 Å². The molecule has 0 aliphatic rings. The Morgan fingerprint density at radius 3 is 2.52 bits per heavy atom. The van der Waals surface area contributed by atoms with Crippen LogP contribution >= 0.6 is 0 Å². The molecule has 0 saturated heterocycles. The van der Waals surface area contributed by atoms with Gasteiger partial charge in [0.1, 0.15) is 0 Å². The van der Waals surface area contributed by atoms with Gasteiger partial charge >= 0.3 is 5.97 Å². The number of rotatable bonds is 8. The Balaban J connectivity index is 3.09. The number of benzene rings is 1. The Hall–Kier alpha value is -2.04. The van der Waals surface area contributed by atoms with E-state index in [1.165, 1.54) is 19.9 Å². The maximum Gasteiger partial charge on any atom is 0.308 e. The standard InChI is InChI=1S/C15H22N2O7S/c1-5-24-13(18)8-15(4,19)9-16-25(22,23)14-11(3)10(2)6-7-12(14)17(20)21/h6-7,16,19H,5,8-9H2,1-4H3/t15-/m0/s1. The van der Waals surface area contributed by atoms with Crippen LogP contribution in [0.2, 0.25) is 0 Å². The Bertz CT molecular complexity index is 772. The molecular weight excluding hydrogens is 352 g/mol. The van der Waals surface area contributed by atoms with Crippen LogP contribution in [0.15, 0.2) is 17.0 Å². The monoisotopic (exact) mass is 374 g/mol. The van der Waals surface area contributed by atoms with E-state index in [1.54, 1.807) is 13.8 Å². The number of nitrogens with one attached hydrogen (secondary N) is 1. The fourth-order valence-corrected chi connectivity index (χ4v) is 3.79. The molecule has 0 spiro atoms. The second-order valence-corrected chi connectivity index (χ2v) is 7.62. The summed E-state index contributed by atoms with van der Waals surface area (Å²) >= 11 is 0. The van der Waals surface area contributed by atoms with E-state index in [0.29, 0.717) is 5.56 Å². The molecule has 0 aromatic heterocycles. The lowest BCUT2D eigenvalue weighted by atomic mass is 10.0. The zero-order valence-corrected chi connectivity index (χ0v) is 15.3. The quantitative estimate of drug-likeness (QED) is 0.396. The Morgan fingerprint density at radius 2 is 2.00 bits per heavy atom. The Morgan fingerprint density at radius 1 is 1.40 bits per heavy atom. The molecular formula is C15H22N2O7S. The first-order chi connectivity index (χ1) is 11.4. The maximum atomic E-state index is 12.5. The number of carbonyl (C=O) groups is 1. The Labute approximate surface area is 146 Å². The number of hydrogen-bond donors (Lipinski definition) is 2. The highest BCUT2D eigenvalue weighted by Gasteiger charge is 2.32. The van der Waals surface area contributed by atoms with Crippen LogP contribution in [0.4, 0.5) is 5.69 Å². The average Bonchev–Trinajstić information content (AvgIpc) is 2.47. The van der Waals surface area contributed by atoms with Gasteiger partial charge < -0.3 is 9.84 Å². The number of aryl methyl sites for hydroxylation is 1. The van der Waals surface area contributed by atoms with Crippen molar-refractivity contribution in [3.63, 3.8) is 0 Å². The van der Waals surface area contributed by atoms with Gasteiger partial charge in [-0.15, -0.1) is 0 Å². The first-order valence-electron chi connectivity index (χ1n) is 7.53. The number of nitro groups is 1. The number of carbonyl (C=O) groups excluding carboxylic acids is 1. The van der Waals surface area contributed by atoms with E-state index in [9.17, 15) is 28.4 Å². The van der Waals surface area contributed by atoms with Gasteiger partial charge in [-0.3, -0.25) is 14.9 Å². The van der Waals surface area contributed by atoms with Crippen LogP contribution in [0.3, 0.4) is 0 Å². The SMILES string of the molecule is CCOC(=O)C[C@](C)(O)CNS(=O)(=O)c1c([N+](=O)[O-])ccc(C)c1C. The van der Waals surface area contributed by atoms with Gasteiger partial charge in [-0.1, -0.05) is 6.07 Å². The van der Waals surface area contributed by atoms with Crippen molar-refractivity contribution in [1.29, 1.82) is 0 Å². The van der Waals surface area contributed by atoms with Gasteiger partial charge in [0.2, 0.25) is 10.0 Å². The molecule has 9 nitrogen and oxygen atoms in total. The average molecular weight is 374 g/mol. The zero-order valence-electron chi connectivity index (χ0n) is 14.5. The number of sulfonamides is 1. The molecule has 140 valence electrons. The molecule has 1 rings (SSSR count). The summed E-state index contributed by atoms with van der Waals surface area (Å²) in [5.41, 5.74) is -1.44. The number of nitrogens with zero attached hydrogens (tertiary/aromatic N) is 1. The summed E-state index contributed by atoms with van der Waals surface area (Å²) in [5.74, 6) is -0.676. The summed E-state index contributed by atoms with van der Waals surface area (Å²) in [4.78, 5) is 21.4. The van der Waals surface area contributed by atoms with Crippen LogP contribution in [-0.4, -0.2) is 43.2 Å². The first kappa shape index (κ1) is 21.0. The Kier molecular flexibility index (Phi) is 6.63. The summed E-state index contributed by atoms with van der Waals surface area (Å²) in [6.45, 7) is 5.61. The summed E-state index contributed by atoms with van der Waals surface area (Å²) in [5, 5.41) is 21.3. The van der Waals surface area contributed by atoms with Crippen LogP contribution in [-0.2, 0) is 19.6 Å². The van der Waals surface area contributed by atoms with Crippen molar-refractivity contribution in [3.8, 4) is 0 Å². The van der Waals surface area contributed by atoms with Crippen LogP contribution in [0.5, 0.6) is 0 Å². The molecule has 1 aromatic rings. The molecule has 25 heavy (non-hydrogen) atoms. The van der Waals surface area contributed by atoms with Crippen molar-refractivity contribution < 1.29 is 28.0 Å². The van der Waals surface area contributed by atoms with Crippen LogP contribution in [0.25, 0.3) is 0 Å². The first-order valence-corrected chi connectivity index (χ1v) is 9.02. The molecule has 0 radical (unpaired) electrons. The third-order valence-electron chi connectivity index (χ3n) is 3.59. The van der Waals surface area contributed by atoms with Gasteiger partial charge in [-0.05, 0) is 38.8 Å². The fourth-order valence-electron chi connectivity index (χ4n) is 2.17. The van der Waals surface area contributed by atoms with Gasteiger partial charge in [0.05, 0.1) is 23.6 Å². The van der Waals surface area contributed by atoms with Crippen molar-refractivity contribution in [2.45, 2.75) is 44.6 Å². The molecule has 0 bridgehead atoms. The van der Waals surface area contributed by atoms with Crippen molar-refractivity contribution in [2.75, 3.05) is 13.2 Å². The van der Waals surface area contributed by atoms with Gasteiger partial charge in [0, 0.05) is 12.6 Å². The topological polar surface area (TPSA) is 136 Å². The van der Waals surface area contributed by atoms with Gasteiger partial charge in [0.25, 0.3) is 5.69 Å². The van der Waals surface area contributed by atoms with E-state index >= 15 is 0 Å². The highest BCUT2D eigenvalue weighted by atomic mass is 32.2. The summed E-state index contributed by atoms with van der Waals surface area (Å²) in [6, 6.07) is 2.58. The lowest BCUT2D eigenvalue weighted by Gasteiger charge is -2.22. The highest BCUT2D eigenvalue weighted by molar-refractivity contribution is 7.89. The molecule has 0 unspecified atom stereocenters. The lowest BCUT2D eigenvalue weighted by molar-refractivity contribution is -0.387. The molecule has 0 saturated carbocycles. The van der Waals surface area contributed by atoms with E-state index < -0.39 is 50.1 Å². The van der Waals surface area contributed by atoms with Gasteiger partial charge in [0.15, 0.2) is 4.90 Å². The van der Waals surface area contributed by atoms with Gasteiger partial charge in [-0.2, -0.15) is 0 Å². The molecule has 0 amide bonds. The minimum Gasteiger partial charge on any atom is -0.466 e. The largest absolute Gasteiger partial charge is 0.466 e. The molecule has 10 heteroatoms. The molecule has 1 aromatic carbocycles. The molecule has 0 fully saturated rings. The summed E-state index contributed by atoms with van der Waals surface area (Å²) < 4.78 is 31.9. The predicted octanol–water partition coefficient (Wildman–Crippen LogP) is 1.19. The molecule has 0 heterocycles. The molecule has 1 atom stereocenters. The van der Waals surface area contributed by atoms with E-state index in [0.717, 1.165) is 6.07 Å². The van der Waals surface area contributed by atoms with Crippen LogP contribution < -0.4 is 4.72 Å². The van der Waals surface area contributed by atoms with Crippen molar-refractivity contribution in [2.24, 2.45) is 0 Å². The van der Waals surface area contributed by atoms with E-state index in [4.69, 9.17) is 4.74 Å². The van der Waals surface area contributed by atoms with E-state index in [-0.39, 0.29) is 12.2 Å². The molecule has 0 aliphatic heterocycles. The predicted molar refractivity (Wildman–Crippen MR) is 89.6 cm³/mol. The summed E-state index contributed by atoms with van der Waals surface area (Å²) in [7, 11) is -4.27. The highest BCUT2D eigenvalue weighted by Crippen LogP contribution is 2.29. The minimum absolute atomic E-state index is 0.134. The fraction of sp³-hybridized carbons (Fsp3) is 0.533. The van der Waals surface area contributed by atoms with Crippen LogP contribution in [0.1, 0.15) is 31.4 Å². The number of ether oxygens (including phenoxy) is 1. The number of hydrogen-bond acceptors (Lipinski definition) is 7. The maximum absolute atomic E-state index is 12.5. The van der Waals surface area contributed by atoms with Gasteiger partial charge in [-0.25, -0.2) is 13.1 Å². The van der Waals surface area contributed by atoms with E-state index in [1.807, 2.05) is 0 Å². The second kappa shape index (κ2) is 7.89. The smallest absolute Gasteiger partial charge is 0.308 e. The number of esters is 1. The number of nitro benzene ring substituents is 1. The van der Waals surface area contributed by atoms with Crippen LogP contribution in [0, 0.1) is 24.0 Å². The zero-order chi connectivity index (χ0) is 19.4. The second-order valence-electron chi connectivity index (χ2n) is 5.92. The molecule has 2 N–H and O–H groups in total. The summed E-state index contributed by atoms with van der Waals surface area (Å²) in [6.07, 6.45) is -0.418.